The number of halogens is 1. The minimum atomic E-state index is -0.343. The van der Waals surface area contributed by atoms with Gasteiger partial charge in [-0.2, -0.15) is 0 Å². The first kappa shape index (κ1) is 16.2. The van der Waals surface area contributed by atoms with Crippen molar-refractivity contribution < 1.29 is 9.53 Å². The van der Waals surface area contributed by atoms with Gasteiger partial charge in [0.15, 0.2) is 0 Å². The number of nitrogens with zero attached hydrogens (tertiary/aromatic N) is 1. The Kier molecular flexibility index (Phi) is 6.07. The summed E-state index contributed by atoms with van der Waals surface area (Å²) in [5.74, 6) is -0.0630. The van der Waals surface area contributed by atoms with Crippen molar-refractivity contribution in [2.75, 3.05) is 13.2 Å². The van der Waals surface area contributed by atoms with Gasteiger partial charge in [0.25, 0.3) is 5.91 Å². The first-order chi connectivity index (χ1) is 8.89. The van der Waals surface area contributed by atoms with Crippen LogP contribution in [0.3, 0.4) is 0 Å². The first-order valence-electron chi connectivity index (χ1n) is 6.67. The molecule has 0 aromatic carbocycles. The third-order valence-corrected chi connectivity index (χ3v) is 3.20. The summed E-state index contributed by atoms with van der Waals surface area (Å²) in [5.41, 5.74) is 0.338. The Hall–Kier alpha value is -0.810. The van der Waals surface area contributed by atoms with Gasteiger partial charge in [-0.15, -0.1) is 0 Å². The van der Waals surface area contributed by atoms with Gasteiger partial charge in [-0.1, -0.05) is 6.92 Å². The number of amides is 1. The topological polar surface area (TPSA) is 43.3 Å². The predicted molar refractivity (Wildman–Crippen MR) is 80.5 cm³/mol. The second-order valence-electron chi connectivity index (χ2n) is 5.11. The van der Waals surface area contributed by atoms with Crippen LogP contribution in [-0.4, -0.2) is 29.2 Å². The lowest BCUT2D eigenvalue weighted by Crippen LogP contribution is -2.41. The van der Waals surface area contributed by atoms with Crippen LogP contribution in [0.4, 0.5) is 0 Å². The van der Waals surface area contributed by atoms with E-state index in [1.165, 1.54) is 0 Å². The molecule has 1 amide bonds. The summed E-state index contributed by atoms with van der Waals surface area (Å²) in [7, 11) is 0. The fourth-order valence-corrected chi connectivity index (χ4v) is 2.38. The number of carbonyl (C=O) groups is 1. The minimum absolute atomic E-state index is 0.0630. The molecule has 0 aliphatic carbocycles. The monoisotopic (exact) mass is 330 g/mol. The number of rotatable bonds is 7. The van der Waals surface area contributed by atoms with E-state index in [1.54, 1.807) is 0 Å². The van der Waals surface area contributed by atoms with Crippen molar-refractivity contribution in [2.45, 2.75) is 46.3 Å². The number of hydrogen-bond donors (Lipinski definition) is 1. The summed E-state index contributed by atoms with van der Waals surface area (Å²) in [6.45, 7) is 9.95. The maximum absolute atomic E-state index is 12.2. The highest BCUT2D eigenvalue weighted by molar-refractivity contribution is 9.10. The molecule has 0 saturated heterocycles. The number of carbonyl (C=O) groups excluding carboxylic acids is 1. The molecule has 0 saturated carbocycles. The molecule has 0 unspecified atom stereocenters. The molecule has 1 N–H and O–H groups in total. The van der Waals surface area contributed by atoms with E-state index < -0.39 is 0 Å². The molecule has 108 valence electrons. The normalized spacial score (nSPS) is 11.6. The Bertz CT molecular complexity index is 427. The van der Waals surface area contributed by atoms with E-state index in [0.717, 1.165) is 17.4 Å². The van der Waals surface area contributed by atoms with Crippen LogP contribution in [0.5, 0.6) is 0 Å². The molecule has 4 nitrogen and oxygen atoms in total. The second-order valence-corrected chi connectivity index (χ2v) is 6.03. The maximum atomic E-state index is 12.2. The van der Waals surface area contributed by atoms with Gasteiger partial charge < -0.3 is 14.6 Å². The van der Waals surface area contributed by atoms with Gasteiger partial charge in [0, 0.05) is 30.4 Å². The lowest BCUT2D eigenvalue weighted by atomic mass is 10.1. The van der Waals surface area contributed by atoms with E-state index in [1.807, 2.05) is 37.6 Å². The second kappa shape index (κ2) is 7.10. The van der Waals surface area contributed by atoms with Crippen molar-refractivity contribution >= 4 is 21.8 Å². The van der Waals surface area contributed by atoms with Gasteiger partial charge in [-0.05, 0) is 49.2 Å². The molecule has 1 rings (SSSR count). The molecule has 0 fully saturated rings. The van der Waals surface area contributed by atoms with Gasteiger partial charge in [0.2, 0.25) is 0 Å². The zero-order chi connectivity index (χ0) is 14.5. The molecular weight excluding hydrogens is 308 g/mol. The van der Waals surface area contributed by atoms with E-state index in [4.69, 9.17) is 4.74 Å². The van der Waals surface area contributed by atoms with Crippen LogP contribution in [0.25, 0.3) is 0 Å². The van der Waals surface area contributed by atoms with E-state index in [0.29, 0.717) is 18.8 Å². The third kappa shape index (κ3) is 4.99. The van der Waals surface area contributed by atoms with Crippen LogP contribution >= 0.6 is 15.9 Å². The summed E-state index contributed by atoms with van der Waals surface area (Å²) < 4.78 is 8.46. The van der Waals surface area contributed by atoms with Gasteiger partial charge in [0.1, 0.15) is 5.69 Å². The third-order valence-electron chi connectivity index (χ3n) is 2.77. The van der Waals surface area contributed by atoms with Gasteiger partial charge in [-0.3, -0.25) is 4.79 Å². The Morgan fingerprint density at radius 3 is 2.74 bits per heavy atom. The van der Waals surface area contributed by atoms with Crippen LogP contribution in [0.1, 0.15) is 44.6 Å². The van der Waals surface area contributed by atoms with Crippen molar-refractivity contribution in [3.63, 3.8) is 0 Å². The number of hydrogen-bond acceptors (Lipinski definition) is 2. The molecular formula is C14H23BrN2O2. The van der Waals surface area contributed by atoms with Crippen LogP contribution in [-0.2, 0) is 11.3 Å². The molecule has 1 heterocycles. The fourth-order valence-electron chi connectivity index (χ4n) is 1.92. The van der Waals surface area contributed by atoms with Gasteiger partial charge in [0.05, 0.1) is 5.60 Å². The van der Waals surface area contributed by atoms with Crippen LogP contribution in [0.15, 0.2) is 16.7 Å². The quantitative estimate of drug-likeness (QED) is 0.834. The summed E-state index contributed by atoms with van der Waals surface area (Å²) in [4.78, 5) is 12.2. The standard InChI is InChI=1S/C14H23BrN2O2/c1-5-7-17-9-11(15)8-12(17)13(18)16-10-14(3,4)19-6-2/h8-9H,5-7,10H2,1-4H3,(H,16,18). The summed E-state index contributed by atoms with van der Waals surface area (Å²) in [5, 5.41) is 2.93. The lowest BCUT2D eigenvalue weighted by molar-refractivity contribution is -0.00821. The molecule has 0 bridgehead atoms. The number of ether oxygens (including phenoxy) is 1. The zero-order valence-electron chi connectivity index (χ0n) is 12.1. The molecule has 1 aromatic heterocycles. The molecule has 19 heavy (non-hydrogen) atoms. The van der Waals surface area contributed by atoms with Gasteiger partial charge >= 0.3 is 0 Å². The smallest absolute Gasteiger partial charge is 0.268 e. The molecule has 0 aliphatic rings. The van der Waals surface area contributed by atoms with Crippen molar-refractivity contribution in [1.29, 1.82) is 0 Å². The zero-order valence-corrected chi connectivity index (χ0v) is 13.7. The molecule has 0 atom stereocenters. The Morgan fingerprint density at radius 2 is 2.16 bits per heavy atom. The average Bonchev–Trinajstić information content (AvgIpc) is 2.68. The highest BCUT2D eigenvalue weighted by atomic mass is 79.9. The number of nitrogens with one attached hydrogen (secondary N) is 1. The predicted octanol–water partition coefficient (Wildman–Crippen LogP) is 3.21. The van der Waals surface area contributed by atoms with Crippen molar-refractivity contribution in [3.05, 3.63) is 22.4 Å². The maximum Gasteiger partial charge on any atom is 0.268 e. The van der Waals surface area contributed by atoms with Crippen molar-refractivity contribution in [1.82, 2.24) is 9.88 Å². The molecule has 0 aliphatic heterocycles. The van der Waals surface area contributed by atoms with Crippen molar-refractivity contribution in [2.24, 2.45) is 0 Å². The lowest BCUT2D eigenvalue weighted by Gasteiger charge is -2.25. The minimum Gasteiger partial charge on any atom is -0.374 e. The largest absolute Gasteiger partial charge is 0.374 e. The van der Waals surface area contributed by atoms with E-state index in [-0.39, 0.29) is 11.5 Å². The Labute approximate surface area is 123 Å². The van der Waals surface area contributed by atoms with Crippen molar-refractivity contribution in [3.8, 4) is 0 Å². The molecule has 0 radical (unpaired) electrons. The molecule has 0 spiro atoms. The van der Waals surface area contributed by atoms with E-state index in [2.05, 4.69) is 28.2 Å². The number of aromatic nitrogens is 1. The molecule has 1 aromatic rings. The fraction of sp³-hybridized carbons (Fsp3) is 0.643. The summed E-state index contributed by atoms with van der Waals surface area (Å²) in [6.07, 6.45) is 2.93. The van der Waals surface area contributed by atoms with Gasteiger partial charge in [-0.25, -0.2) is 0 Å². The van der Waals surface area contributed by atoms with E-state index >= 15 is 0 Å². The SMILES string of the molecule is CCCn1cc(Br)cc1C(=O)NCC(C)(C)OCC. The number of aryl methyl sites for hydroxylation is 1. The van der Waals surface area contributed by atoms with Crippen LogP contribution in [0.2, 0.25) is 0 Å². The Balaban J connectivity index is 2.68. The average molecular weight is 331 g/mol. The van der Waals surface area contributed by atoms with Crippen LogP contribution < -0.4 is 5.32 Å². The highest BCUT2D eigenvalue weighted by Gasteiger charge is 2.20. The van der Waals surface area contributed by atoms with E-state index in [9.17, 15) is 4.79 Å². The van der Waals surface area contributed by atoms with Crippen LogP contribution in [0, 0.1) is 0 Å². The molecule has 5 heteroatoms. The summed E-state index contributed by atoms with van der Waals surface area (Å²) in [6, 6.07) is 1.85. The summed E-state index contributed by atoms with van der Waals surface area (Å²) >= 11 is 3.41. The first-order valence-corrected chi connectivity index (χ1v) is 7.46. The Morgan fingerprint density at radius 1 is 1.47 bits per heavy atom. The highest BCUT2D eigenvalue weighted by Crippen LogP contribution is 2.16.